The summed E-state index contributed by atoms with van der Waals surface area (Å²) in [5, 5.41) is 7.70. The van der Waals surface area contributed by atoms with E-state index in [0.29, 0.717) is 5.69 Å². The van der Waals surface area contributed by atoms with Crippen LogP contribution in [0.1, 0.15) is 58.2 Å². The van der Waals surface area contributed by atoms with Gasteiger partial charge in [0.05, 0.1) is 0 Å². The third kappa shape index (κ3) is 6.71. The van der Waals surface area contributed by atoms with Crippen LogP contribution in [0.15, 0.2) is 66.7 Å². The van der Waals surface area contributed by atoms with Gasteiger partial charge in [0.15, 0.2) is 0 Å². The van der Waals surface area contributed by atoms with Crippen molar-refractivity contribution in [2.24, 2.45) is 5.92 Å². The number of hydrogen-bond acceptors (Lipinski definition) is 4. The van der Waals surface area contributed by atoms with Gasteiger partial charge in [-0.25, -0.2) is 4.79 Å². The molecule has 0 aliphatic heterocycles. The standard InChI is InChI=1S/C31H37N3O4/c1-6-21-11-13-23(14-12-21)28(29(36)33-25-16-15-22-9-7-8-10-24(22)18-25)34(26-17-20(26)2)27(35)19-32-30(37)38-31(3,4)5/h7-16,18,20,26,28H,6,17,19H2,1-5H3,(H,32,37)(H,33,36). The molecule has 4 rings (SSSR count). The molecular formula is C31H37N3O4. The lowest BCUT2D eigenvalue weighted by Crippen LogP contribution is -2.48. The number of anilines is 1. The lowest BCUT2D eigenvalue weighted by atomic mass is 10.0. The molecule has 200 valence electrons. The SMILES string of the molecule is CCc1ccc(C(C(=O)Nc2ccc3ccccc3c2)N(C(=O)CNC(=O)OC(C)(C)C)C2CC2C)cc1. The van der Waals surface area contributed by atoms with Gasteiger partial charge in [0.25, 0.3) is 5.91 Å². The van der Waals surface area contributed by atoms with Crippen molar-refractivity contribution >= 4 is 34.4 Å². The monoisotopic (exact) mass is 515 g/mol. The van der Waals surface area contributed by atoms with E-state index < -0.39 is 17.7 Å². The number of amides is 3. The Morgan fingerprint density at radius 3 is 2.26 bits per heavy atom. The van der Waals surface area contributed by atoms with Gasteiger partial charge in [-0.2, -0.15) is 0 Å². The van der Waals surface area contributed by atoms with Crippen molar-refractivity contribution < 1.29 is 19.1 Å². The van der Waals surface area contributed by atoms with E-state index in [4.69, 9.17) is 4.74 Å². The zero-order valence-corrected chi connectivity index (χ0v) is 22.8. The number of aryl methyl sites for hydroxylation is 1. The van der Waals surface area contributed by atoms with Crippen LogP contribution in [0.4, 0.5) is 10.5 Å². The molecule has 3 amide bonds. The van der Waals surface area contributed by atoms with E-state index in [1.165, 1.54) is 0 Å². The van der Waals surface area contributed by atoms with Gasteiger partial charge in [-0.1, -0.05) is 68.4 Å². The molecule has 1 aliphatic carbocycles. The Balaban J connectivity index is 1.63. The number of nitrogens with one attached hydrogen (secondary N) is 2. The minimum atomic E-state index is -0.852. The Hall–Kier alpha value is -3.87. The first-order valence-corrected chi connectivity index (χ1v) is 13.2. The molecule has 1 aliphatic rings. The van der Waals surface area contributed by atoms with E-state index in [1.54, 1.807) is 25.7 Å². The van der Waals surface area contributed by atoms with Gasteiger partial charge < -0.3 is 20.3 Å². The highest BCUT2D eigenvalue weighted by Gasteiger charge is 2.46. The first-order chi connectivity index (χ1) is 18.1. The number of carbonyl (C=O) groups excluding carboxylic acids is 3. The fraction of sp³-hybridized carbons (Fsp3) is 0.387. The second-order valence-corrected chi connectivity index (χ2v) is 11.0. The van der Waals surface area contributed by atoms with Crippen LogP contribution in [-0.4, -0.2) is 41.0 Å². The van der Waals surface area contributed by atoms with Gasteiger partial charge in [-0.05, 0) is 73.6 Å². The summed E-state index contributed by atoms with van der Waals surface area (Å²) >= 11 is 0. The summed E-state index contributed by atoms with van der Waals surface area (Å²) in [6.45, 7) is 9.16. The second kappa shape index (κ2) is 11.3. The third-order valence-corrected chi connectivity index (χ3v) is 6.74. The quantitative estimate of drug-likeness (QED) is 0.394. The van der Waals surface area contributed by atoms with E-state index >= 15 is 0 Å². The Bertz CT molecular complexity index is 1310. The van der Waals surface area contributed by atoms with Gasteiger partial charge in [0.2, 0.25) is 5.91 Å². The van der Waals surface area contributed by atoms with E-state index in [0.717, 1.165) is 34.7 Å². The fourth-order valence-corrected chi connectivity index (χ4v) is 4.62. The van der Waals surface area contributed by atoms with Crippen LogP contribution in [0.25, 0.3) is 10.8 Å². The van der Waals surface area contributed by atoms with Crippen molar-refractivity contribution in [1.29, 1.82) is 0 Å². The molecule has 0 radical (unpaired) electrons. The van der Waals surface area contributed by atoms with Crippen LogP contribution in [0, 0.1) is 5.92 Å². The molecule has 1 saturated carbocycles. The molecule has 38 heavy (non-hydrogen) atoms. The maximum Gasteiger partial charge on any atom is 0.408 e. The minimum absolute atomic E-state index is 0.0962. The van der Waals surface area contributed by atoms with Crippen LogP contribution in [0.3, 0.4) is 0 Å². The Morgan fingerprint density at radius 1 is 1.00 bits per heavy atom. The molecule has 1 fully saturated rings. The van der Waals surface area contributed by atoms with Crippen molar-refractivity contribution in [3.8, 4) is 0 Å². The number of rotatable bonds is 8. The molecule has 0 aromatic heterocycles. The van der Waals surface area contributed by atoms with Crippen molar-refractivity contribution in [3.05, 3.63) is 77.9 Å². The Morgan fingerprint density at radius 2 is 1.66 bits per heavy atom. The van der Waals surface area contributed by atoms with Crippen LogP contribution in [-0.2, 0) is 20.7 Å². The summed E-state index contributed by atoms with van der Waals surface area (Å²) < 4.78 is 5.30. The van der Waals surface area contributed by atoms with Gasteiger partial charge >= 0.3 is 6.09 Å². The number of nitrogens with zero attached hydrogens (tertiary/aromatic N) is 1. The summed E-state index contributed by atoms with van der Waals surface area (Å²) in [7, 11) is 0. The summed E-state index contributed by atoms with van der Waals surface area (Å²) in [4.78, 5) is 41.4. The van der Waals surface area contributed by atoms with Gasteiger partial charge in [0.1, 0.15) is 18.2 Å². The number of hydrogen-bond donors (Lipinski definition) is 2. The highest BCUT2D eigenvalue weighted by Crippen LogP contribution is 2.40. The molecule has 0 spiro atoms. The average molecular weight is 516 g/mol. The molecule has 7 nitrogen and oxygen atoms in total. The van der Waals surface area contributed by atoms with E-state index in [1.807, 2.05) is 66.7 Å². The summed E-state index contributed by atoms with van der Waals surface area (Å²) in [6, 6.07) is 20.6. The molecule has 3 atom stereocenters. The maximum atomic E-state index is 13.9. The topological polar surface area (TPSA) is 87.7 Å². The Labute approximate surface area is 224 Å². The van der Waals surface area contributed by atoms with Gasteiger partial charge in [-0.15, -0.1) is 0 Å². The molecule has 2 N–H and O–H groups in total. The predicted octanol–water partition coefficient (Wildman–Crippen LogP) is 5.84. The minimum Gasteiger partial charge on any atom is -0.444 e. The van der Waals surface area contributed by atoms with Gasteiger partial charge in [0, 0.05) is 11.7 Å². The van der Waals surface area contributed by atoms with Crippen molar-refractivity contribution in [1.82, 2.24) is 10.2 Å². The first kappa shape index (κ1) is 27.2. The summed E-state index contributed by atoms with van der Waals surface area (Å²) in [6.07, 6.45) is 1.00. The summed E-state index contributed by atoms with van der Waals surface area (Å²) in [5.41, 5.74) is 1.85. The highest BCUT2D eigenvalue weighted by molar-refractivity contribution is 6.00. The molecule has 0 heterocycles. The smallest absolute Gasteiger partial charge is 0.408 e. The van der Waals surface area contributed by atoms with Crippen LogP contribution in [0.2, 0.25) is 0 Å². The maximum absolute atomic E-state index is 13.9. The molecule has 3 aromatic carbocycles. The van der Waals surface area contributed by atoms with Gasteiger partial charge in [-0.3, -0.25) is 9.59 Å². The van der Waals surface area contributed by atoms with E-state index in [9.17, 15) is 14.4 Å². The molecule has 3 unspecified atom stereocenters. The predicted molar refractivity (Wildman–Crippen MR) is 150 cm³/mol. The zero-order valence-electron chi connectivity index (χ0n) is 22.8. The normalized spacial score (nSPS) is 17.4. The van der Waals surface area contributed by atoms with Crippen LogP contribution >= 0.6 is 0 Å². The van der Waals surface area contributed by atoms with E-state index in [-0.39, 0.29) is 30.3 Å². The fourth-order valence-electron chi connectivity index (χ4n) is 4.62. The number of fused-ring (bicyclic) bond motifs is 1. The molecule has 7 heteroatoms. The lowest BCUT2D eigenvalue weighted by molar-refractivity contribution is -0.139. The Kier molecular flexibility index (Phi) is 8.05. The molecule has 3 aromatic rings. The number of benzene rings is 3. The number of ether oxygens (including phenoxy) is 1. The lowest BCUT2D eigenvalue weighted by Gasteiger charge is -2.32. The molecular weight excluding hydrogens is 478 g/mol. The number of carbonyl (C=O) groups is 3. The van der Waals surface area contributed by atoms with Crippen LogP contribution in [0.5, 0.6) is 0 Å². The third-order valence-electron chi connectivity index (χ3n) is 6.74. The first-order valence-electron chi connectivity index (χ1n) is 13.2. The van der Waals surface area contributed by atoms with Crippen molar-refractivity contribution in [2.45, 2.75) is 65.1 Å². The number of alkyl carbamates (subject to hydrolysis) is 1. The molecule has 0 saturated heterocycles. The van der Waals surface area contributed by atoms with Crippen LogP contribution < -0.4 is 10.6 Å². The average Bonchev–Trinajstić information content (AvgIpc) is 3.60. The molecule has 0 bridgehead atoms. The summed E-state index contributed by atoms with van der Waals surface area (Å²) in [5.74, 6) is -0.371. The second-order valence-electron chi connectivity index (χ2n) is 11.0. The van der Waals surface area contributed by atoms with Crippen molar-refractivity contribution in [3.63, 3.8) is 0 Å². The van der Waals surface area contributed by atoms with Crippen molar-refractivity contribution in [2.75, 3.05) is 11.9 Å². The zero-order chi connectivity index (χ0) is 27.4. The largest absolute Gasteiger partial charge is 0.444 e. The highest BCUT2D eigenvalue weighted by atomic mass is 16.6. The van der Waals surface area contributed by atoms with E-state index in [2.05, 4.69) is 24.5 Å².